The number of nitrogens with one attached hydrogen (secondary N) is 1. The summed E-state index contributed by atoms with van der Waals surface area (Å²) < 4.78 is 65.8. The summed E-state index contributed by atoms with van der Waals surface area (Å²) in [5.74, 6) is -2.38. The number of amides is 1. The molecule has 32 heavy (non-hydrogen) atoms. The lowest BCUT2D eigenvalue weighted by atomic mass is 10.3. The van der Waals surface area contributed by atoms with Gasteiger partial charge in [0.05, 0.1) is 24.8 Å². The summed E-state index contributed by atoms with van der Waals surface area (Å²) in [5.41, 5.74) is -0.472. The Balaban J connectivity index is 1.99. The topological polar surface area (TPSA) is 84.9 Å². The number of anilines is 2. The van der Waals surface area contributed by atoms with E-state index >= 15 is 0 Å². The first-order chi connectivity index (χ1) is 15.3. The minimum absolute atomic E-state index is 0.163. The van der Waals surface area contributed by atoms with Crippen LogP contribution in [0.1, 0.15) is 0 Å². The van der Waals surface area contributed by atoms with Gasteiger partial charge in [-0.15, -0.1) is 0 Å². The number of benzene rings is 3. The van der Waals surface area contributed by atoms with Crippen LogP contribution in [0.3, 0.4) is 0 Å². The van der Waals surface area contributed by atoms with Crippen molar-refractivity contribution >= 4 is 27.3 Å². The molecule has 0 atom stereocenters. The lowest BCUT2D eigenvalue weighted by molar-refractivity contribution is -0.114. The van der Waals surface area contributed by atoms with Gasteiger partial charge in [-0.25, -0.2) is 17.2 Å². The molecule has 0 heterocycles. The van der Waals surface area contributed by atoms with Gasteiger partial charge in [-0.3, -0.25) is 9.10 Å². The number of rotatable bonds is 8. The van der Waals surface area contributed by atoms with Crippen LogP contribution >= 0.6 is 0 Å². The molecule has 3 aromatic carbocycles. The van der Waals surface area contributed by atoms with Crippen molar-refractivity contribution in [3.05, 3.63) is 78.4 Å². The quantitative estimate of drug-likeness (QED) is 0.550. The van der Waals surface area contributed by atoms with Gasteiger partial charge in [-0.05, 0) is 36.4 Å². The zero-order valence-electron chi connectivity index (χ0n) is 17.2. The highest BCUT2D eigenvalue weighted by molar-refractivity contribution is 7.92. The van der Waals surface area contributed by atoms with Crippen LogP contribution in [0.25, 0.3) is 0 Å². The lowest BCUT2D eigenvalue weighted by Gasteiger charge is -2.24. The van der Waals surface area contributed by atoms with Crippen LogP contribution in [0.2, 0.25) is 0 Å². The average molecular weight is 462 g/mol. The highest BCUT2D eigenvalue weighted by Gasteiger charge is 2.29. The van der Waals surface area contributed by atoms with Crippen LogP contribution in [0.5, 0.6) is 11.5 Å². The van der Waals surface area contributed by atoms with Gasteiger partial charge in [0.1, 0.15) is 23.9 Å². The standard InChI is InChI=1S/C22H20F2N2O5S/c1-30-19-12-11-16(13-20(19)31-2)32(28,29)26(15-7-4-3-5-8-15)14-21(27)25-22-17(23)9-6-10-18(22)24/h3-13H,14H2,1-2H3,(H,25,27). The van der Waals surface area contributed by atoms with E-state index < -0.39 is 39.8 Å². The molecule has 0 spiro atoms. The highest BCUT2D eigenvalue weighted by Crippen LogP contribution is 2.32. The van der Waals surface area contributed by atoms with Crippen molar-refractivity contribution in [3.8, 4) is 11.5 Å². The largest absolute Gasteiger partial charge is 0.493 e. The SMILES string of the molecule is COc1ccc(S(=O)(=O)N(CC(=O)Nc2c(F)cccc2F)c2ccccc2)cc1OC. The minimum Gasteiger partial charge on any atom is -0.493 e. The van der Waals surface area contributed by atoms with Crippen molar-refractivity contribution in [1.82, 2.24) is 0 Å². The van der Waals surface area contributed by atoms with E-state index in [2.05, 4.69) is 5.32 Å². The summed E-state index contributed by atoms with van der Waals surface area (Å²) in [4.78, 5) is 12.4. The van der Waals surface area contributed by atoms with E-state index in [-0.39, 0.29) is 16.3 Å². The Hall–Kier alpha value is -3.66. The monoisotopic (exact) mass is 462 g/mol. The number of carbonyl (C=O) groups is 1. The van der Waals surface area contributed by atoms with Crippen LogP contribution < -0.4 is 19.1 Å². The third-order valence-corrected chi connectivity index (χ3v) is 6.27. The maximum atomic E-state index is 13.9. The van der Waals surface area contributed by atoms with Crippen molar-refractivity contribution < 1.29 is 31.5 Å². The second kappa shape index (κ2) is 9.65. The molecule has 0 saturated heterocycles. The fourth-order valence-corrected chi connectivity index (χ4v) is 4.38. The summed E-state index contributed by atoms with van der Waals surface area (Å²) in [6, 6.07) is 15.0. The minimum atomic E-state index is -4.27. The van der Waals surface area contributed by atoms with Gasteiger partial charge in [0.15, 0.2) is 11.5 Å². The van der Waals surface area contributed by atoms with Crippen molar-refractivity contribution in [2.45, 2.75) is 4.90 Å². The molecule has 0 aromatic heterocycles. The predicted molar refractivity (Wildman–Crippen MR) is 116 cm³/mol. The maximum absolute atomic E-state index is 13.9. The van der Waals surface area contributed by atoms with E-state index in [4.69, 9.17) is 9.47 Å². The zero-order chi connectivity index (χ0) is 23.3. The molecular formula is C22H20F2N2O5S. The van der Waals surface area contributed by atoms with Crippen LogP contribution in [-0.2, 0) is 14.8 Å². The first-order valence-corrected chi connectivity index (χ1v) is 10.8. The van der Waals surface area contributed by atoms with E-state index in [1.165, 1.54) is 44.6 Å². The first-order valence-electron chi connectivity index (χ1n) is 9.31. The van der Waals surface area contributed by atoms with Gasteiger partial charge in [-0.1, -0.05) is 24.3 Å². The number of ether oxygens (including phenoxy) is 2. The van der Waals surface area contributed by atoms with Crippen molar-refractivity contribution in [2.24, 2.45) is 0 Å². The molecule has 168 valence electrons. The molecule has 3 aromatic rings. The van der Waals surface area contributed by atoms with E-state index in [0.717, 1.165) is 22.5 Å². The van der Waals surface area contributed by atoms with Gasteiger partial charge in [0, 0.05) is 6.07 Å². The summed E-state index contributed by atoms with van der Waals surface area (Å²) in [5, 5.41) is 2.10. The Morgan fingerprint density at radius 2 is 1.53 bits per heavy atom. The molecule has 0 bridgehead atoms. The lowest BCUT2D eigenvalue weighted by Crippen LogP contribution is -2.38. The molecule has 0 unspecified atom stereocenters. The van der Waals surface area contributed by atoms with Crippen LogP contribution in [-0.4, -0.2) is 35.1 Å². The maximum Gasteiger partial charge on any atom is 0.264 e. The number of hydrogen-bond donors (Lipinski definition) is 1. The van der Waals surface area contributed by atoms with Crippen molar-refractivity contribution in [1.29, 1.82) is 0 Å². The van der Waals surface area contributed by atoms with Crippen LogP contribution in [0.15, 0.2) is 71.6 Å². The first kappa shape index (κ1) is 23.0. The molecule has 10 heteroatoms. The van der Waals surface area contributed by atoms with Crippen LogP contribution in [0.4, 0.5) is 20.2 Å². The normalized spacial score (nSPS) is 11.0. The Morgan fingerprint density at radius 3 is 2.12 bits per heavy atom. The molecule has 0 aliphatic heterocycles. The van der Waals surface area contributed by atoms with Gasteiger partial charge in [-0.2, -0.15) is 0 Å². The van der Waals surface area contributed by atoms with Gasteiger partial charge >= 0.3 is 0 Å². The van der Waals surface area contributed by atoms with Gasteiger partial charge in [0.2, 0.25) is 5.91 Å². The summed E-state index contributed by atoms with van der Waals surface area (Å²) in [6.45, 7) is -0.728. The van der Waals surface area contributed by atoms with Crippen molar-refractivity contribution in [3.63, 3.8) is 0 Å². The predicted octanol–water partition coefficient (Wildman–Crippen LogP) is 3.82. The molecule has 7 nitrogen and oxygen atoms in total. The summed E-state index contributed by atoms with van der Waals surface area (Å²) >= 11 is 0. The third-order valence-electron chi connectivity index (χ3n) is 4.50. The molecule has 0 aliphatic carbocycles. The second-order valence-electron chi connectivity index (χ2n) is 6.51. The fourth-order valence-electron chi connectivity index (χ4n) is 2.94. The van der Waals surface area contributed by atoms with Gasteiger partial charge < -0.3 is 14.8 Å². The molecular weight excluding hydrogens is 442 g/mol. The van der Waals surface area contributed by atoms with Crippen LogP contribution in [0, 0.1) is 11.6 Å². The van der Waals surface area contributed by atoms with E-state index in [1.807, 2.05) is 0 Å². The average Bonchev–Trinajstić information content (AvgIpc) is 2.80. The number of sulfonamides is 1. The number of para-hydroxylation sites is 2. The number of carbonyl (C=O) groups excluding carboxylic acids is 1. The second-order valence-corrected chi connectivity index (χ2v) is 8.37. The third kappa shape index (κ3) is 4.80. The molecule has 1 N–H and O–H groups in total. The molecule has 0 aliphatic rings. The van der Waals surface area contributed by atoms with E-state index in [0.29, 0.717) is 5.75 Å². The Bertz CT molecular complexity index is 1200. The number of nitrogens with zero attached hydrogens (tertiary/aromatic N) is 1. The number of hydrogen-bond acceptors (Lipinski definition) is 5. The number of halogens is 2. The van der Waals surface area contributed by atoms with E-state index in [9.17, 15) is 22.0 Å². The smallest absolute Gasteiger partial charge is 0.264 e. The Labute approximate surface area is 184 Å². The van der Waals surface area contributed by atoms with Gasteiger partial charge in [0.25, 0.3) is 10.0 Å². The Kier molecular flexibility index (Phi) is 6.94. The Morgan fingerprint density at radius 1 is 0.906 bits per heavy atom. The summed E-state index contributed by atoms with van der Waals surface area (Å²) in [7, 11) is -1.50. The number of methoxy groups -OCH3 is 2. The van der Waals surface area contributed by atoms with E-state index in [1.54, 1.807) is 18.2 Å². The van der Waals surface area contributed by atoms with Crippen molar-refractivity contribution in [2.75, 3.05) is 30.4 Å². The summed E-state index contributed by atoms with van der Waals surface area (Å²) in [6.07, 6.45) is 0. The molecule has 1 amide bonds. The molecule has 3 rings (SSSR count). The highest BCUT2D eigenvalue weighted by atomic mass is 32.2. The zero-order valence-corrected chi connectivity index (χ0v) is 18.0. The molecule has 0 radical (unpaired) electrons. The fraction of sp³-hybridized carbons (Fsp3) is 0.136. The molecule has 0 fully saturated rings. The molecule has 0 saturated carbocycles.